The first-order valence-electron chi connectivity index (χ1n) is 7.06. The van der Waals surface area contributed by atoms with Gasteiger partial charge >= 0.3 is 0 Å². The lowest BCUT2D eigenvalue weighted by Gasteiger charge is -2.13. The Kier molecular flexibility index (Phi) is 5.16. The summed E-state index contributed by atoms with van der Waals surface area (Å²) in [5, 5.41) is 3.38. The first-order chi connectivity index (χ1) is 9.33. The molecule has 2 heterocycles. The zero-order chi connectivity index (χ0) is 13.5. The van der Waals surface area contributed by atoms with E-state index in [-0.39, 0.29) is 0 Å². The topological polar surface area (TPSA) is 29.9 Å². The minimum absolute atomic E-state index is 0.473. The Bertz CT molecular complexity index is 476. The molecule has 2 rings (SSSR count). The average molecular weight is 257 g/mol. The molecule has 3 nitrogen and oxygen atoms in total. The van der Waals surface area contributed by atoms with Crippen molar-refractivity contribution in [1.82, 2.24) is 14.9 Å². The van der Waals surface area contributed by atoms with Crippen LogP contribution in [0.5, 0.6) is 0 Å². The Morgan fingerprint density at radius 3 is 2.89 bits per heavy atom. The van der Waals surface area contributed by atoms with Gasteiger partial charge in [-0.1, -0.05) is 19.4 Å². The molecular formula is C16H23N3. The molecule has 0 amide bonds. The summed E-state index contributed by atoms with van der Waals surface area (Å²) >= 11 is 0. The highest BCUT2D eigenvalue weighted by Crippen LogP contribution is 2.18. The molecule has 0 aliphatic carbocycles. The van der Waals surface area contributed by atoms with Crippen LogP contribution < -0.4 is 5.32 Å². The molecule has 2 aromatic rings. The van der Waals surface area contributed by atoms with Crippen molar-refractivity contribution in [3.63, 3.8) is 0 Å². The molecule has 0 saturated carbocycles. The first kappa shape index (κ1) is 13.8. The largest absolute Gasteiger partial charge is 0.354 e. The highest BCUT2D eigenvalue weighted by atomic mass is 15.0. The van der Waals surface area contributed by atoms with Crippen molar-refractivity contribution < 1.29 is 0 Å². The summed E-state index contributed by atoms with van der Waals surface area (Å²) in [5.74, 6) is 0. The van der Waals surface area contributed by atoms with Crippen molar-refractivity contribution in [3.8, 4) is 0 Å². The van der Waals surface area contributed by atoms with Gasteiger partial charge in [-0.2, -0.15) is 0 Å². The number of rotatable bonds is 7. The summed E-state index contributed by atoms with van der Waals surface area (Å²) in [6.07, 6.45) is 9.63. The van der Waals surface area contributed by atoms with Gasteiger partial charge in [-0.25, -0.2) is 0 Å². The molecule has 1 atom stereocenters. The van der Waals surface area contributed by atoms with Crippen molar-refractivity contribution in [2.45, 2.75) is 38.8 Å². The van der Waals surface area contributed by atoms with Gasteiger partial charge < -0.3 is 9.88 Å². The molecule has 0 bridgehead atoms. The third kappa shape index (κ3) is 3.93. The van der Waals surface area contributed by atoms with Crippen LogP contribution in [0.1, 0.15) is 37.1 Å². The predicted octanol–water partition coefficient (Wildman–Crippen LogP) is 3.19. The van der Waals surface area contributed by atoms with Crippen molar-refractivity contribution in [1.29, 1.82) is 0 Å². The summed E-state index contributed by atoms with van der Waals surface area (Å²) in [6, 6.07) is 8.77. The monoisotopic (exact) mass is 257 g/mol. The molecule has 2 aromatic heterocycles. The standard InChI is InChI=1S/C16H23N3/c1-3-6-16(17-2)14-8-11-19(13-14)12-9-15-7-4-5-10-18-15/h4-5,7-8,10-11,13,16-17H,3,6,9,12H2,1-2H3. The van der Waals surface area contributed by atoms with Crippen LogP contribution in [0.15, 0.2) is 42.9 Å². The minimum Gasteiger partial charge on any atom is -0.354 e. The van der Waals surface area contributed by atoms with E-state index in [4.69, 9.17) is 0 Å². The van der Waals surface area contributed by atoms with E-state index in [0.717, 1.165) is 18.7 Å². The molecule has 19 heavy (non-hydrogen) atoms. The molecule has 0 saturated heterocycles. The molecule has 3 heteroatoms. The number of aryl methyl sites for hydroxylation is 2. The smallest absolute Gasteiger partial charge is 0.0421 e. The van der Waals surface area contributed by atoms with Crippen molar-refractivity contribution >= 4 is 0 Å². The van der Waals surface area contributed by atoms with E-state index < -0.39 is 0 Å². The Balaban J connectivity index is 1.93. The number of hydrogen-bond donors (Lipinski definition) is 1. The van der Waals surface area contributed by atoms with Crippen molar-refractivity contribution in [2.24, 2.45) is 0 Å². The van der Waals surface area contributed by atoms with Gasteiger partial charge in [0.1, 0.15) is 0 Å². The van der Waals surface area contributed by atoms with Gasteiger partial charge in [0.25, 0.3) is 0 Å². The van der Waals surface area contributed by atoms with Gasteiger partial charge in [-0.3, -0.25) is 4.98 Å². The highest BCUT2D eigenvalue weighted by Gasteiger charge is 2.09. The second-order valence-electron chi connectivity index (χ2n) is 4.88. The van der Waals surface area contributed by atoms with E-state index in [2.05, 4.69) is 46.3 Å². The van der Waals surface area contributed by atoms with Crippen LogP contribution in [-0.4, -0.2) is 16.6 Å². The Morgan fingerprint density at radius 1 is 1.32 bits per heavy atom. The normalized spacial score (nSPS) is 12.5. The number of hydrogen-bond acceptors (Lipinski definition) is 2. The van der Waals surface area contributed by atoms with Crippen molar-refractivity contribution in [2.75, 3.05) is 7.05 Å². The van der Waals surface area contributed by atoms with Crippen LogP contribution >= 0.6 is 0 Å². The Morgan fingerprint density at radius 2 is 2.21 bits per heavy atom. The number of aromatic nitrogens is 2. The molecule has 0 aliphatic rings. The molecule has 1 unspecified atom stereocenters. The van der Waals surface area contributed by atoms with Crippen molar-refractivity contribution in [3.05, 3.63) is 54.1 Å². The number of pyridine rings is 1. The van der Waals surface area contributed by atoms with Crippen LogP contribution in [0, 0.1) is 0 Å². The molecule has 102 valence electrons. The third-order valence-corrected chi connectivity index (χ3v) is 3.45. The highest BCUT2D eigenvalue weighted by molar-refractivity contribution is 5.15. The Hall–Kier alpha value is -1.61. The predicted molar refractivity (Wildman–Crippen MR) is 79.1 cm³/mol. The van der Waals surface area contributed by atoms with E-state index in [9.17, 15) is 0 Å². The summed E-state index contributed by atoms with van der Waals surface area (Å²) < 4.78 is 2.25. The fraction of sp³-hybridized carbons (Fsp3) is 0.438. The molecule has 0 aliphatic heterocycles. The van der Waals surface area contributed by atoms with Crippen LogP contribution in [0.4, 0.5) is 0 Å². The first-order valence-corrected chi connectivity index (χ1v) is 7.06. The summed E-state index contributed by atoms with van der Waals surface area (Å²) in [7, 11) is 2.03. The fourth-order valence-electron chi connectivity index (χ4n) is 2.36. The lowest BCUT2D eigenvalue weighted by molar-refractivity contribution is 0.539. The van der Waals surface area contributed by atoms with E-state index in [1.807, 2.05) is 25.4 Å². The minimum atomic E-state index is 0.473. The zero-order valence-electron chi connectivity index (χ0n) is 11.8. The average Bonchev–Trinajstić information content (AvgIpc) is 2.92. The molecule has 0 aromatic carbocycles. The van der Waals surface area contributed by atoms with Crippen LogP contribution in [-0.2, 0) is 13.0 Å². The van der Waals surface area contributed by atoms with Gasteiger partial charge in [0.2, 0.25) is 0 Å². The molecule has 0 spiro atoms. The lowest BCUT2D eigenvalue weighted by atomic mass is 10.1. The van der Waals surface area contributed by atoms with Gasteiger partial charge in [-0.15, -0.1) is 0 Å². The van der Waals surface area contributed by atoms with Gasteiger partial charge in [0.15, 0.2) is 0 Å². The van der Waals surface area contributed by atoms with E-state index in [0.29, 0.717) is 6.04 Å². The Labute approximate surface area is 115 Å². The maximum absolute atomic E-state index is 4.36. The maximum atomic E-state index is 4.36. The van der Waals surface area contributed by atoms with E-state index in [1.54, 1.807) is 0 Å². The summed E-state index contributed by atoms with van der Waals surface area (Å²) in [6.45, 7) is 3.21. The van der Waals surface area contributed by atoms with E-state index in [1.165, 1.54) is 18.4 Å². The maximum Gasteiger partial charge on any atom is 0.0421 e. The van der Waals surface area contributed by atoms with Crippen LogP contribution in [0.2, 0.25) is 0 Å². The number of nitrogens with one attached hydrogen (secondary N) is 1. The van der Waals surface area contributed by atoms with Crippen LogP contribution in [0.25, 0.3) is 0 Å². The SMILES string of the molecule is CCCC(NC)c1ccn(CCc2ccccn2)c1. The van der Waals surface area contributed by atoms with Crippen LogP contribution in [0.3, 0.4) is 0 Å². The molecule has 0 radical (unpaired) electrons. The summed E-state index contributed by atoms with van der Waals surface area (Å²) in [5.41, 5.74) is 2.53. The zero-order valence-corrected chi connectivity index (χ0v) is 11.8. The fourth-order valence-corrected chi connectivity index (χ4v) is 2.36. The number of nitrogens with zero attached hydrogens (tertiary/aromatic N) is 2. The van der Waals surface area contributed by atoms with Gasteiger partial charge in [0, 0.05) is 43.3 Å². The molecular weight excluding hydrogens is 234 g/mol. The lowest BCUT2D eigenvalue weighted by Crippen LogP contribution is -2.15. The van der Waals surface area contributed by atoms with E-state index >= 15 is 0 Å². The quantitative estimate of drug-likeness (QED) is 0.825. The molecule has 1 N–H and O–H groups in total. The summed E-state index contributed by atoms with van der Waals surface area (Å²) in [4.78, 5) is 4.36. The second kappa shape index (κ2) is 7.10. The van der Waals surface area contributed by atoms with Gasteiger partial charge in [-0.05, 0) is 37.2 Å². The van der Waals surface area contributed by atoms with Gasteiger partial charge in [0.05, 0.1) is 0 Å². The molecule has 0 fully saturated rings. The third-order valence-electron chi connectivity index (χ3n) is 3.45. The second-order valence-corrected chi connectivity index (χ2v) is 4.88.